The molecule has 1 heterocycles. The third-order valence-electron chi connectivity index (χ3n) is 4.89. The predicted molar refractivity (Wildman–Crippen MR) is 115 cm³/mol. The van der Waals surface area contributed by atoms with Gasteiger partial charge in [0, 0.05) is 18.2 Å². The van der Waals surface area contributed by atoms with E-state index in [9.17, 15) is 5.11 Å². The molecule has 2 aromatic carbocycles. The van der Waals surface area contributed by atoms with Crippen LogP contribution in [0, 0.1) is 5.41 Å². The maximum Gasteiger partial charge on any atom is 0.128 e. The van der Waals surface area contributed by atoms with Gasteiger partial charge in [0.15, 0.2) is 0 Å². The Morgan fingerprint density at radius 3 is 2.39 bits per heavy atom. The van der Waals surface area contributed by atoms with Crippen LogP contribution >= 0.6 is 0 Å². The van der Waals surface area contributed by atoms with Crippen molar-refractivity contribution in [3.63, 3.8) is 0 Å². The second-order valence-corrected chi connectivity index (χ2v) is 8.64. The van der Waals surface area contributed by atoms with E-state index in [1.807, 2.05) is 24.4 Å². The molecule has 1 aromatic heterocycles. The fourth-order valence-electron chi connectivity index (χ4n) is 3.20. The van der Waals surface area contributed by atoms with Crippen molar-refractivity contribution in [3.8, 4) is 17.0 Å². The third kappa shape index (κ3) is 6.19. The highest BCUT2D eigenvalue weighted by molar-refractivity contribution is 5.59. The molecular weight excluding hydrogens is 344 g/mol. The lowest BCUT2D eigenvalue weighted by molar-refractivity contribution is 0.378. The van der Waals surface area contributed by atoms with Crippen molar-refractivity contribution < 1.29 is 5.11 Å². The number of benzene rings is 2. The second kappa shape index (κ2) is 9.01. The minimum atomic E-state index is 0.310. The monoisotopic (exact) mass is 374 g/mol. The number of hydrogen-bond donors (Lipinski definition) is 1. The van der Waals surface area contributed by atoms with Crippen LogP contribution in [0.3, 0.4) is 0 Å². The molecule has 0 bridgehead atoms. The lowest BCUT2D eigenvalue weighted by atomic mass is 9.88. The molecule has 3 heteroatoms. The first-order chi connectivity index (χ1) is 13.4. The van der Waals surface area contributed by atoms with Gasteiger partial charge in [-0.15, -0.1) is 0 Å². The quantitative estimate of drug-likeness (QED) is 0.551. The first kappa shape index (κ1) is 20.1. The second-order valence-electron chi connectivity index (χ2n) is 8.64. The van der Waals surface area contributed by atoms with Crippen molar-refractivity contribution in [2.45, 2.75) is 52.9 Å². The van der Waals surface area contributed by atoms with Gasteiger partial charge in [0.2, 0.25) is 0 Å². The molecule has 3 nitrogen and oxygen atoms in total. The van der Waals surface area contributed by atoms with Gasteiger partial charge in [-0.25, -0.2) is 9.97 Å². The SMILES string of the molecule is CC(C)(C)CCc1cccc(-c2ccnc(CCCc3ccc(O)cc3)n2)c1. The molecule has 0 aliphatic rings. The van der Waals surface area contributed by atoms with Crippen LogP contribution in [0.4, 0.5) is 0 Å². The molecule has 3 rings (SSSR count). The lowest BCUT2D eigenvalue weighted by Gasteiger charge is -2.18. The number of rotatable bonds is 7. The summed E-state index contributed by atoms with van der Waals surface area (Å²) in [5, 5.41) is 9.37. The molecule has 0 saturated heterocycles. The molecule has 1 N–H and O–H groups in total. The van der Waals surface area contributed by atoms with Gasteiger partial charge in [-0.2, -0.15) is 0 Å². The smallest absolute Gasteiger partial charge is 0.128 e. The highest BCUT2D eigenvalue weighted by Gasteiger charge is 2.10. The molecule has 146 valence electrons. The molecule has 0 aliphatic carbocycles. The fraction of sp³-hybridized carbons (Fsp3) is 0.360. The Morgan fingerprint density at radius 1 is 0.857 bits per heavy atom. The average Bonchev–Trinajstić information content (AvgIpc) is 2.68. The number of aromatic nitrogens is 2. The number of aryl methyl sites for hydroxylation is 3. The molecule has 0 radical (unpaired) electrons. The van der Waals surface area contributed by atoms with Crippen molar-refractivity contribution in [2.24, 2.45) is 5.41 Å². The minimum Gasteiger partial charge on any atom is -0.508 e. The Labute approximate surface area is 168 Å². The molecule has 0 fully saturated rings. The van der Waals surface area contributed by atoms with Crippen molar-refractivity contribution in [2.75, 3.05) is 0 Å². The normalized spacial score (nSPS) is 11.5. The van der Waals surface area contributed by atoms with Gasteiger partial charge in [-0.05, 0) is 66.5 Å². The largest absolute Gasteiger partial charge is 0.508 e. The summed E-state index contributed by atoms with van der Waals surface area (Å²) in [4.78, 5) is 9.24. The Kier molecular flexibility index (Phi) is 6.45. The Hall–Kier alpha value is -2.68. The number of phenolic OH excluding ortho intramolecular Hbond substituents is 1. The zero-order valence-electron chi connectivity index (χ0n) is 17.2. The van der Waals surface area contributed by atoms with Gasteiger partial charge in [-0.1, -0.05) is 51.1 Å². The summed E-state index contributed by atoms with van der Waals surface area (Å²) in [6, 6.07) is 18.1. The Balaban J connectivity index is 1.63. The lowest BCUT2D eigenvalue weighted by Crippen LogP contribution is -2.06. The zero-order valence-corrected chi connectivity index (χ0v) is 17.2. The molecule has 3 aromatic rings. The van der Waals surface area contributed by atoms with E-state index in [2.05, 4.69) is 50.0 Å². The predicted octanol–water partition coefficient (Wildman–Crippen LogP) is 6.00. The van der Waals surface area contributed by atoms with Crippen LogP contribution in [-0.2, 0) is 19.3 Å². The van der Waals surface area contributed by atoms with Gasteiger partial charge >= 0.3 is 0 Å². The van der Waals surface area contributed by atoms with E-state index in [0.717, 1.165) is 42.8 Å². The first-order valence-corrected chi connectivity index (χ1v) is 10.1. The van der Waals surface area contributed by atoms with Gasteiger partial charge in [0.1, 0.15) is 11.6 Å². The van der Waals surface area contributed by atoms with Crippen LogP contribution in [0.5, 0.6) is 5.75 Å². The highest BCUT2D eigenvalue weighted by Crippen LogP contribution is 2.24. The summed E-state index contributed by atoms with van der Waals surface area (Å²) >= 11 is 0. The van der Waals surface area contributed by atoms with Crippen molar-refractivity contribution in [3.05, 3.63) is 77.7 Å². The molecule has 0 amide bonds. The summed E-state index contributed by atoms with van der Waals surface area (Å²) in [7, 11) is 0. The molecule has 0 atom stereocenters. The fourth-order valence-corrected chi connectivity index (χ4v) is 3.20. The topological polar surface area (TPSA) is 46.0 Å². The average molecular weight is 375 g/mol. The zero-order chi connectivity index (χ0) is 20.0. The Morgan fingerprint density at radius 2 is 1.64 bits per heavy atom. The molecule has 0 spiro atoms. The van der Waals surface area contributed by atoms with Crippen molar-refractivity contribution in [1.29, 1.82) is 0 Å². The van der Waals surface area contributed by atoms with E-state index in [1.165, 1.54) is 17.5 Å². The van der Waals surface area contributed by atoms with Crippen LogP contribution in [0.2, 0.25) is 0 Å². The first-order valence-electron chi connectivity index (χ1n) is 10.1. The summed E-state index contributed by atoms with van der Waals surface area (Å²) in [5.74, 6) is 1.20. The standard InChI is InChI=1S/C25H30N2O/c1-25(2,3)16-14-20-7-4-8-21(18-20)23-15-17-26-24(27-23)9-5-6-19-10-12-22(28)13-11-19/h4,7-8,10-13,15,17-18,28H,5-6,9,14,16H2,1-3H3. The number of hydrogen-bond acceptors (Lipinski definition) is 3. The number of phenols is 1. The van der Waals surface area contributed by atoms with Crippen LogP contribution in [0.15, 0.2) is 60.8 Å². The summed E-state index contributed by atoms with van der Waals surface area (Å²) in [6.45, 7) is 6.85. The van der Waals surface area contributed by atoms with Gasteiger partial charge < -0.3 is 5.11 Å². The van der Waals surface area contributed by atoms with Crippen molar-refractivity contribution in [1.82, 2.24) is 9.97 Å². The molecule has 0 saturated carbocycles. The van der Waals surface area contributed by atoms with Crippen LogP contribution in [0.1, 0.15) is 50.6 Å². The molecule has 0 unspecified atom stereocenters. The van der Waals surface area contributed by atoms with E-state index in [-0.39, 0.29) is 0 Å². The summed E-state index contributed by atoms with van der Waals surface area (Å²) in [5.41, 5.74) is 5.08. The maximum absolute atomic E-state index is 9.37. The Bertz CT molecular complexity index is 895. The molecular formula is C25H30N2O. The van der Waals surface area contributed by atoms with Crippen LogP contribution < -0.4 is 0 Å². The number of nitrogens with zero attached hydrogens (tertiary/aromatic N) is 2. The van der Waals surface area contributed by atoms with Gasteiger partial charge in [-0.3, -0.25) is 0 Å². The summed E-state index contributed by atoms with van der Waals surface area (Å²) in [6.07, 6.45) is 6.90. The van der Waals surface area contributed by atoms with E-state index < -0.39 is 0 Å². The third-order valence-corrected chi connectivity index (χ3v) is 4.89. The minimum absolute atomic E-state index is 0.310. The maximum atomic E-state index is 9.37. The molecule has 28 heavy (non-hydrogen) atoms. The van der Waals surface area contributed by atoms with E-state index >= 15 is 0 Å². The van der Waals surface area contributed by atoms with Gasteiger partial charge in [0.05, 0.1) is 5.69 Å². The highest BCUT2D eigenvalue weighted by atomic mass is 16.3. The van der Waals surface area contributed by atoms with E-state index in [1.54, 1.807) is 12.1 Å². The number of aromatic hydroxyl groups is 1. The van der Waals surface area contributed by atoms with Gasteiger partial charge in [0.25, 0.3) is 0 Å². The van der Waals surface area contributed by atoms with Crippen LogP contribution in [-0.4, -0.2) is 15.1 Å². The van der Waals surface area contributed by atoms with Crippen molar-refractivity contribution >= 4 is 0 Å². The summed E-state index contributed by atoms with van der Waals surface area (Å²) < 4.78 is 0. The van der Waals surface area contributed by atoms with E-state index in [4.69, 9.17) is 4.98 Å². The van der Waals surface area contributed by atoms with Crippen LogP contribution in [0.25, 0.3) is 11.3 Å². The molecule has 0 aliphatic heterocycles. The van der Waals surface area contributed by atoms with E-state index in [0.29, 0.717) is 11.2 Å².